The molecule has 0 radical (unpaired) electrons. The van der Waals surface area contributed by atoms with Crippen molar-refractivity contribution in [3.8, 4) is 11.5 Å². The van der Waals surface area contributed by atoms with Gasteiger partial charge in [-0.25, -0.2) is 8.42 Å². The number of ether oxygens (including phenoxy) is 2. The van der Waals surface area contributed by atoms with Crippen LogP contribution in [0, 0.1) is 13.8 Å². The van der Waals surface area contributed by atoms with Gasteiger partial charge >= 0.3 is 0 Å². The third-order valence-electron chi connectivity index (χ3n) is 4.64. The second kappa shape index (κ2) is 5.66. The van der Waals surface area contributed by atoms with Gasteiger partial charge in [0.15, 0.2) is 22.2 Å². The molecule has 1 fully saturated rings. The molecule has 2 aromatic rings. The van der Waals surface area contributed by atoms with Crippen LogP contribution in [0.25, 0.3) is 0 Å². The molecule has 4 rings (SSSR count). The summed E-state index contributed by atoms with van der Waals surface area (Å²) in [7, 11) is -3.78. The van der Waals surface area contributed by atoms with Crippen LogP contribution in [0.15, 0.2) is 27.6 Å². The number of hydrogen-bond donors (Lipinski definition) is 1. The highest BCUT2D eigenvalue weighted by Gasteiger charge is 2.42. The number of nitrogens with one attached hydrogen (secondary N) is 1. The highest BCUT2D eigenvalue weighted by molar-refractivity contribution is 7.92. The Kier molecular flexibility index (Phi) is 3.68. The largest absolute Gasteiger partial charge is 0.448 e. The van der Waals surface area contributed by atoms with Gasteiger partial charge in [0.1, 0.15) is 5.69 Å². The van der Waals surface area contributed by atoms with Crippen LogP contribution in [0.2, 0.25) is 0 Å². The Morgan fingerprint density at radius 2 is 1.80 bits per heavy atom. The van der Waals surface area contributed by atoms with E-state index in [1.54, 1.807) is 32.0 Å². The molecule has 0 unspecified atom stereocenters. The van der Waals surface area contributed by atoms with E-state index in [1.165, 1.54) is 6.42 Å². The fourth-order valence-corrected chi connectivity index (χ4v) is 4.90. The van der Waals surface area contributed by atoms with E-state index in [2.05, 4.69) is 9.88 Å². The molecule has 8 heteroatoms. The number of rotatable bonds is 3. The molecule has 2 heterocycles. The van der Waals surface area contributed by atoms with Crippen molar-refractivity contribution in [1.82, 2.24) is 5.16 Å². The fourth-order valence-electron chi connectivity index (χ4n) is 3.52. The molecule has 1 spiro atoms. The quantitative estimate of drug-likeness (QED) is 0.896. The standard InChI is InChI=1S/C17H20N2O5S/c1-11-16(12(2)24-18-11)25(20,21)19-13-6-7-14-15(10-13)23-17(22-14)8-4-3-5-9-17/h6-7,10,19H,3-5,8-9H2,1-2H3. The topological polar surface area (TPSA) is 90.7 Å². The van der Waals surface area contributed by atoms with Crippen molar-refractivity contribution in [3.05, 3.63) is 29.7 Å². The molecule has 2 aliphatic rings. The SMILES string of the molecule is Cc1noc(C)c1S(=O)(=O)Nc1ccc2c(c1)OC1(CCCCC1)O2. The third kappa shape index (κ3) is 2.84. The van der Waals surface area contributed by atoms with Gasteiger partial charge in [0.05, 0.1) is 5.69 Å². The zero-order chi connectivity index (χ0) is 17.7. The van der Waals surface area contributed by atoms with Crippen LogP contribution in [0.1, 0.15) is 43.6 Å². The number of fused-ring (bicyclic) bond motifs is 1. The van der Waals surface area contributed by atoms with Crippen molar-refractivity contribution in [2.45, 2.75) is 56.6 Å². The van der Waals surface area contributed by atoms with Gasteiger partial charge < -0.3 is 14.0 Å². The second-order valence-electron chi connectivity index (χ2n) is 6.60. The van der Waals surface area contributed by atoms with Crippen LogP contribution in [-0.2, 0) is 10.0 Å². The van der Waals surface area contributed by atoms with Gasteiger partial charge in [-0.3, -0.25) is 4.72 Å². The number of anilines is 1. The van der Waals surface area contributed by atoms with Crippen molar-refractivity contribution < 1.29 is 22.4 Å². The Hall–Kier alpha value is -2.22. The Morgan fingerprint density at radius 3 is 2.48 bits per heavy atom. The molecular weight excluding hydrogens is 344 g/mol. The first kappa shape index (κ1) is 16.3. The molecule has 0 bridgehead atoms. The van der Waals surface area contributed by atoms with Crippen LogP contribution in [0.3, 0.4) is 0 Å². The minimum Gasteiger partial charge on any atom is -0.448 e. The van der Waals surface area contributed by atoms with E-state index in [0.29, 0.717) is 22.9 Å². The molecule has 1 saturated carbocycles. The first-order valence-electron chi connectivity index (χ1n) is 8.36. The molecule has 1 aliphatic heterocycles. The Bertz CT molecular complexity index is 894. The lowest BCUT2D eigenvalue weighted by molar-refractivity contribution is -0.105. The molecule has 0 saturated heterocycles. The number of aryl methyl sites for hydroxylation is 2. The zero-order valence-electron chi connectivity index (χ0n) is 14.2. The van der Waals surface area contributed by atoms with E-state index in [1.807, 2.05) is 0 Å². The van der Waals surface area contributed by atoms with Crippen molar-refractivity contribution in [2.24, 2.45) is 0 Å². The van der Waals surface area contributed by atoms with Crippen LogP contribution in [0.5, 0.6) is 11.5 Å². The summed E-state index contributed by atoms with van der Waals surface area (Å²) in [6, 6.07) is 5.07. The summed E-state index contributed by atoms with van der Waals surface area (Å²) in [6.07, 6.45) is 5.02. The number of nitrogens with zero attached hydrogens (tertiary/aromatic N) is 1. The Balaban J connectivity index is 1.59. The monoisotopic (exact) mass is 364 g/mol. The minimum absolute atomic E-state index is 0.0638. The molecule has 0 amide bonds. The number of hydrogen-bond acceptors (Lipinski definition) is 6. The molecule has 7 nitrogen and oxygen atoms in total. The molecule has 1 aromatic heterocycles. The van der Waals surface area contributed by atoms with Crippen molar-refractivity contribution in [3.63, 3.8) is 0 Å². The van der Waals surface area contributed by atoms with E-state index in [9.17, 15) is 8.42 Å². The van der Waals surface area contributed by atoms with Crippen LogP contribution in [0.4, 0.5) is 5.69 Å². The highest BCUT2D eigenvalue weighted by Crippen LogP contribution is 2.46. The van der Waals surface area contributed by atoms with E-state index in [0.717, 1.165) is 25.7 Å². The summed E-state index contributed by atoms with van der Waals surface area (Å²) < 4.78 is 44.8. The van der Waals surface area contributed by atoms with Gasteiger partial charge in [0, 0.05) is 18.9 Å². The molecule has 25 heavy (non-hydrogen) atoms. The summed E-state index contributed by atoms with van der Waals surface area (Å²) in [4.78, 5) is 0.0638. The van der Waals surface area contributed by atoms with Gasteiger partial charge in [0.25, 0.3) is 15.8 Å². The van der Waals surface area contributed by atoms with E-state index in [-0.39, 0.29) is 10.7 Å². The maximum absolute atomic E-state index is 12.6. The summed E-state index contributed by atoms with van der Waals surface area (Å²) in [5, 5.41) is 3.70. The van der Waals surface area contributed by atoms with Crippen molar-refractivity contribution in [2.75, 3.05) is 4.72 Å². The van der Waals surface area contributed by atoms with E-state index < -0.39 is 15.8 Å². The average molecular weight is 364 g/mol. The van der Waals surface area contributed by atoms with Gasteiger partial charge in [-0.15, -0.1) is 0 Å². The smallest absolute Gasteiger partial charge is 0.267 e. The maximum atomic E-state index is 12.6. The zero-order valence-corrected chi connectivity index (χ0v) is 15.0. The van der Waals surface area contributed by atoms with Crippen molar-refractivity contribution >= 4 is 15.7 Å². The normalized spacial score (nSPS) is 18.5. The Labute approximate surface area is 146 Å². The maximum Gasteiger partial charge on any atom is 0.267 e. The van der Waals surface area contributed by atoms with Crippen LogP contribution >= 0.6 is 0 Å². The number of benzene rings is 1. The van der Waals surface area contributed by atoms with E-state index >= 15 is 0 Å². The van der Waals surface area contributed by atoms with Crippen molar-refractivity contribution in [1.29, 1.82) is 0 Å². The number of sulfonamides is 1. The lowest BCUT2D eigenvalue weighted by Gasteiger charge is -2.31. The minimum atomic E-state index is -3.78. The fraction of sp³-hybridized carbons (Fsp3) is 0.471. The Morgan fingerprint density at radius 1 is 1.08 bits per heavy atom. The summed E-state index contributed by atoms with van der Waals surface area (Å²) in [6.45, 7) is 3.17. The van der Waals surface area contributed by atoms with Gasteiger partial charge in [-0.1, -0.05) is 11.6 Å². The summed E-state index contributed by atoms with van der Waals surface area (Å²) in [5.74, 6) is 0.898. The average Bonchev–Trinajstić information content (AvgIpc) is 3.07. The van der Waals surface area contributed by atoms with Crippen LogP contribution < -0.4 is 14.2 Å². The summed E-state index contributed by atoms with van der Waals surface area (Å²) >= 11 is 0. The second-order valence-corrected chi connectivity index (χ2v) is 8.22. The molecule has 0 atom stereocenters. The van der Waals surface area contributed by atoms with Gasteiger partial charge in [-0.05, 0) is 38.8 Å². The first-order chi connectivity index (χ1) is 11.9. The van der Waals surface area contributed by atoms with Gasteiger partial charge in [0.2, 0.25) is 0 Å². The van der Waals surface area contributed by atoms with E-state index in [4.69, 9.17) is 14.0 Å². The molecule has 1 N–H and O–H groups in total. The van der Waals surface area contributed by atoms with Crippen LogP contribution in [-0.4, -0.2) is 19.4 Å². The molecule has 134 valence electrons. The lowest BCUT2D eigenvalue weighted by atomic mass is 9.94. The predicted molar refractivity (Wildman–Crippen MR) is 90.3 cm³/mol. The highest BCUT2D eigenvalue weighted by atomic mass is 32.2. The van der Waals surface area contributed by atoms with Gasteiger partial charge in [-0.2, -0.15) is 0 Å². The molecule has 1 aromatic carbocycles. The number of aromatic nitrogens is 1. The summed E-state index contributed by atoms with van der Waals surface area (Å²) in [5.41, 5.74) is 0.738. The molecular formula is C17H20N2O5S. The lowest BCUT2D eigenvalue weighted by Crippen LogP contribution is -2.40. The molecule has 1 aliphatic carbocycles. The predicted octanol–water partition coefficient (Wildman–Crippen LogP) is 3.52. The first-order valence-corrected chi connectivity index (χ1v) is 9.85. The third-order valence-corrected chi connectivity index (χ3v) is 6.26.